The first kappa shape index (κ1) is 11.1. The number of aromatic nitrogens is 4. The first-order chi connectivity index (χ1) is 8.18. The molecule has 0 aromatic carbocycles. The fourth-order valence-electron chi connectivity index (χ4n) is 1.26. The molecule has 88 valence electrons. The van der Waals surface area contributed by atoms with Gasteiger partial charge in [0.15, 0.2) is 11.6 Å². The Bertz CT molecular complexity index is 538. The van der Waals surface area contributed by atoms with Crippen molar-refractivity contribution in [3.05, 3.63) is 36.2 Å². The lowest BCUT2D eigenvalue weighted by Crippen LogP contribution is -2.07. The monoisotopic (exact) mass is 234 g/mol. The molecule has 7 heteroatoms. The quantitative estimate of drug-likeness (QED) is 0.827. The summed E-state index contributed by atoms with van der Waals surface area (Å²) >= 11 is 0. The maximum absolute atomic E-state index is 10.9. The summed E-state index contributed by atoms with van der Waals surface area (Å²) in [6, 6.07) is 1.38. The van der Waals surface area contributed by atoms with Gasteiger partial charge in [-0.05, 0) is 6.07 Å². The topological polar surface area (TPSA) is 90.1 Å². The standard InChI is InChI=1S/C10H10N4O3/c1-14-9(12-6-13-14)5-17-8-4-11-3-2-7(8)10(15)16/h2-4,6H,5H2,1H3,(H,15,16). The van der Waals surface area contributed by atoms with Crippen molar-refractivity contribution in [1.82, 2.24) is 19.7 Å². The summed E-state index contributed by atoms with van der Waals surface area (Å²) in [4.78, 5) is 18.7. The second kappa shape index (κ2) is 4.60. The predicted molar refractivity (Wildman–Crippen MR) is 56.5 cm³/mol. The third-order valence-electron chi connectivity index (χ3n) is 2.18. The first-order valence-corrected chi connectivity index (χ1v) is 4.81. The molecule has 0 aliphatic carbocycles. The molecule has 0 fully saturated rings. The lowest BCUT2D eigenvalue weighted by Gasteiger charge is -2.07. The Balaban J connectivity index is 2.14. The van der Waals surface area contributed by atoms with E-state index >= 15 is 0 Å². The van der Waals surface area contributed by atoms with E-state index in [1.54, 1.807) is 11.7 Å². The van der Waals surface area contributed by atoms with Gasteiger partial charge in [-0.25, -0.2) is 9.78 Å². The average molecular weight is 234 g/mol. The number of hydrogen-bond donors (Lipinski definition) is 1. The van der Waals surface area contributed by atoms with Crippen LogP contribution in [0.5, 0.6) is 5.75 Å². The van der Waals surface area contributed by atoms with Gasteiger partial charge in [0.05, 0.1) is 6.20 Å². The van der Waals surface area contributed by atoms with Crippen LogP contribution in [0.2, 0.25) is 0 Å². The van der Waals surface area contributed by atoms with Gasteiger partial charge in [-0.1, -0.05) is 0 Å². The number of ether oxygens (including phenoxy) is 1. The number of carboxylic acid groups (broad SMARTS) is 1. The smallest absolute Gasteiger partial charge is 0.339 e. The fraction of sp³-hybridized carbons (Fsp3) is 0.200. The van der Waals surface area contributed by atoms with E-state index in [2.05, 4.69) is 15.1 Å². The van der Waals surface area contributed by atoms with Gasteiger partial charge in [0.2, 0.25) is 0 Å². The number of pyridine rings is 1. The SMILES string of the molecule is Cn1ncnc1COc1cnccc1C(=O)O. The highest BCUT2D eigenvalue weighted by molar-refractivity contribution is 5.90. The molecule has 7 nitrogen and oxygen atoms in total. The average Bonchev–Trinajstić information content (AvgIpc) is 2.72. The van der Waals surface area contributed by atoms with Gasteiger partial charge in [-0.2, -0.15) is 5.10 Å². The van der Waals surface area contributed by atoms with E-state index in [0.29, 0.717) is 5.82 Å². The van der Waals surface area contributed by atoms with Crippen LogP contribution in [0.3, 0.4) is 0 Å². The molecule has 2 aromatic heterocycles. The number of rotatable bonds is 4. The van der Waals surface area contributed by atoms with Crippen LogP contribution in [-0.4, -0.2) is 30.8 Å². The van der Waals surface area contributed by atoms with Crippen molar-refractivity contribution in [2.45, 2.75) is 6.61 Å². The second-order valence-electron chi connectivity index (χ2n) is 3.27. The summed E-state index contributed by atoms with van der Waals surface area (Å²) < 4.78 is 6.91. The van der Waals surface area contributed by atoms with Gasteiger partial charge >= 0.3 is 5.97 Å². The highest BCUT2D eigenvalue weighted by Crippen LogP contribution is 2.17. The number of carbonyl (C=O) groups is 1. The van der Waals surface area contributed by atoms with Crippen molar-refractivity contribution in [2.24, 2.45) is 7.05 Å². The van der Waals surface area contributed by atoms with Crippen molar-refractivity contribution >= 4 is 5.97 Å². The maximum atomic E-state index is 10.9. The zero-order chi connectivity index (χ0) is 12.3. The van der Waals surface area contributed by atoms with Crippen LogP contribution in [0.1, 0.15) is 16.2 Å². The van der Waals surface area contributed by atoms with E-state index in [-0.39, 0.29) is 17.9 Å². The zero-order valence-corrected chi connectivity index (χ0v) is 9.07. The van der Waals surface area contributed by atoms with Crippen LogP contribution < -0.4 is 4.74 Å². The van der Waals surface area contributed by atoms with E-state index in [4.69, 9.17) is 9.84 Å². The van der Waals surface area contributed by atoms with E-state index in [9.17, 15) is 4.79 Å². The normalized spacial score (nSPS) is 10.2. The molecule has 0 aliphatic heterocycles. The van der Waals surface area contributed by atoms with Gasteiger partial charge in [0, 0.05) is 13.2 Å². The van der Waals surface area contributed by atoms with E-state index < -0.39 is 5.97 Å². The number of aromatic carboxylic acids is 1. The van der Waals surface area contributed by atoms with E-state index in [1.807, 2.05) is 0 Å². The lowest BCUT2D eigenvalue weighted by molar-refractivity contribution is 0.0691. The number of carboxylic acids is 1. The molecule has 17 heavy (non-hydrogen) atoms. The van der Waals surface area contributed by atoms with Gasteiger partial charge < -0.3 is 9.84 Å². The minimum Gasteiger partial charge on any atom is -0.483 e. The third kappa shape index (κ3) is 2.39. The highest BCUT2D eigenvalue weighted by Gasteiger charge is 2.11. The summed E-state index contributed by atoms with van der Waals surface area (Å²) in [6.45, 7) is 0.141. The Morgan fingerprint density at radius 2 is 2.41 bits per heavy atom. The Hall–Kier alpha value is -2.44. The predicted octanol–water partition coefficient (Wildman–Crippen LogP) is 0.487. The van der Waals surface area contributed by atoms with Gasteiger partial charge in [-0.3, -0.25) is 9.67 Å². The van der Waals surface area contributed by atoms with Crippen LogP contribution in [0.4, 0.5) is 0 Å². The largest absolute Gasteiger partial charge is 0.483 e. The summed E-state index contributed by atoms with van der Waals surface area (Å²) in [5, 5.41) is 12.8. The van der Waals surface area contributed by atoms with Crippen LogP contribution in [0, 0.1) is 0 Å². The van der Waals surface area contributed by atoms with Crippen molar-refractivity contribution in [3.8, 4) is 5.75 Å². The van der Waals surface area contributed by atoms with Crippen LogP contribution in [0.15, 0.2) is 24.8 Å². The van der Waals surface area contributed by atoms with Crippen molar-refractivity contribution in [1.29, 1.82) is 0 Å². The molecule has 0 spiro atoms. The summed E-state index contributed by atoms with van der Waals surface area (Å²) in [5.74, 6) is -0.242. The number of nitrogens with zero attached hydrogens (tertiary/aromatic N) is 4. The number of aryl methyl sites for hydroxylation is 1. The number of hydrogen-bond acceptors (Lipinski definition) is 5. The summed E-state index contributed by atoms with van der Waals surface area (Å²) in [6.07, 6.45) is 4.17. The van der Waals surface area contributed by atoms with Crippen molar-refractivity contribution in [2.75, 3.05) is 0 Å². The van der Waals surface area contributed by atoms with Gasteiger partial charge in [0.1, 0.15) is 18.5 Å². The molecular weight excluding hydrogens is 224 g/mol. The van der Waals surface area contributed by atoms with Crippen molar-refractivity contribution < 1.29 is 14.6 Å². The molecule has 2 heterocycles. The third-order valence-corrected chi connectivity index (χ3v) is 2.18. The second-order valence-corrected chi connectivity index (χ2v) is 3.27. The molecule has 0 saturated carbocycles. The summed E-state index contributed by atoms with van der Waals surface area (Å²) in [5.41, 5.74) is 0.0715. The zero-order valence-electron chi connectivity index (χ0n) is 9.07. The first-order valence-electron chi connectivity index (χ1n) is 4.81. The Kier molecular flexibility index (Phi) is 2.99. The molecule has 0 aliphatic rings. The molecular formula is C10H10N4O3. The van der Waals surface area contributed by atoms with Gasteiger partial charge in [-0.15, -0.1) is 0 Å². The Morgan fingerprint density at radius 1 is 1.59 bits per heavy atom. The molecule has 0 unspecified atom stereocenters. The van der Waals surface area contributed by atoms with Crippen molar-refractivity contribution in [3.63, 3.8) is 0 Å². The minimum absolute atomic E-state index is 0.0715. The van der Waals surface area contributed by atoms with Crippen LogP contribution in [-0.2, 0) is 13.7 Å². The minimum atomic E-state index is -1.06. The maximum Gasteiger partial charge on any atom is 0.339 e. The lowest BCUT2D eigenvalue weighted by atomic mass is 10.2. The van der Waals surface area contributed by atoms with E-state index in [0.717, 1.165) is 0 Å². The summed E-state index contributed by atoms with van der Waals surface area (Å²) in [7, 11) is 1.73. The molecule has 0 amide bonds. The Labute approximate surface area is 96.7 Å². The molecule has 0 saturated heterocycles. The molecule has 1 N–H and O–H groups in total. The van der Waals surface area contributed by atoms with Crippen LogP contribution >= 0.6 is 0 Å². The molecule has 2 rings (SSSR count). The molecule has 0 bridgehead atoms. The molecule has 2 aromatic rings. The Morgan fingerprint density at radius 3 is 3.06 bits per heavy atom. The van der Waals surface area contributed by atoms with E-state index in [1.165, 1.54) is 24.8 Å². The molecule has 0 radical (unpaired) electrons. The highest BCUT2D eigenvalue weighted by atomic mass is 16.5. The fourth-order valence-corrected chi connectivity index (χ4v) is 1.26. The molecule has 0 atom stereocenters. The van der Waals surface area contributed by atoms with Gasteiger partial charge in [0.25, 0.3) is 0 Å². The van der Waals surface area contributed by atoms with Crippen LogP contribution in [0.25, 0.3) is 0 Å².